The Labute approximate surface area is 114 Å². The number of aromatic nitrogens is 2. The molecule has 0 aliphatic carbocycles. The molecule has 0 radical (unpaired) electrons. The lowest BCUT2D eigenvalue weighted by molar-refractivity contribution is -0.145. The van der Waals surface area contributed by atoms with Crippen LogP contribution in [0.15, 0.2) is 24.3 Å². The number of alkyl halides is 3. The Hall–Kier alpha value is -2.49. The minimum absolute atomic E-state index is 0.233. The Morgan fingerprint density at radius 3 is 2.33 bits per heavy atom. The van der Waals surface area contributed by atoms with Gasteiger partial charge in [-0.3, -0.25) is 0 Å². The Bertz CT molecular complexity index is 662. The van der Waals surface area contributed by atoms with Crippen molar-refractivity contribution in [2.75, 3.05) is 5.43 Å². The van der Waals surface area contributed by atoms with E-state index in [1.807, 2.05) is 5.43 Å². The third-order valence-corrected chi connectivity index (χ3v) is 2.22. The maximum absolute atomic E-state index is 13.0. The zero-order valence-corrected chi connectivity index (χ0v) is 10.1. The number of hydrogen-bond donors (Lipinski definition) is 2. The molecule has 0 fully saturated rings. The number of hydrazine groups is 1. The molecule has 1 aromatic carbocycles. The number of benzene rings is 1. The minimum Gasteiger partial charge on any atom is -0.439 e. The number of anilines is 1. The molecule has 2 aromatic rings. The van der Waals surface area contributed by atoms with E-state index in [-0.39, 0.29) is 11.6 Å². The zero-order valence-electron chi connectivity index (χ0n) is 10.1. The van der Waals surface area contributed by atoms with Crippen molar-refractivity contribution in [2.24, 2.45) is 5.84 Å². The van der Waals surface area contributed by atoms with Gasteiger partial charge in [0.2, 0.25) is 11.7 Å². The topological polar surface area (TPSA) is 73.1 Å². The quantitative estimate of drug-likeness (QED) is 0.518. The van der Waals surface area contributed by atoms with Crippen molar-refractivity contribution in [1.82, 2.24) is 9.97 Å². The van der Waals surface area contributed by atoms with Crippen molar-refractivity contribution in [3.05, 3.63) is 41.7 Å². The second-order valence-corrected chi connectivity index (χ2v) is 3.74. The summed E-state index contributed by atoms with van der Waals surface area (Å²) in [5, 5.41) is 0. The summed E-state index contributed by atoms with van der Waals surface area (Å²) in [6.45, 7) is 0. The molecule has 0 atom stereocenters. The van der Waals surface area contributed by atoms with Gasteiger partial charge in [-0.2, -0.15) is 18.2 Å². The lowest BCUT2D eigenvalue weighted by Gasteiger charge is -2.10. The maximum Gasteiger partial charge on any atom is 0.451 e. The zero-order chi connectivity index (χ0) is 15.6. The molecule has 0 saturated carbocycles. The standard InChI is InChI=1S/C11H7F5N4O/c12-6-2-1-5(3-7(6)13)21-9-4-8(20-17)18-10(19-9)11(14,15)16/h1-4H,17H2,(H,18,19,20). The highest BCUT2D eigenvalue weighted by molar-refractivity contribution is 5.39. The van der Waals surface area contributed by atoms with Gasteiger partial charge in [0.05, 0.1) is 0 Å². The fourth-order valence-corrected chi connectivity index (χ4v) is 1.34. The van der Waals surface area contributed by atoms with Crippen molar-refractivity contribution in [3.8, 4) is 11.6 Å². The number of hydrogen-bond acceptors (Lipinski definition) is 5. The average Bonchev–Trinajstić information content (AvgIpc) is 2.41. The predicted octanol–water partition coefficient (Wildman–Crippen LogP) is 2.85. The van der Waals surface area contributed by atoms with Gasteiger partial charge in [-0.15, -0.1) is 0 Å². The highest BCUT2D eigenvalue weighted by Gasteiger charge is 2.35. The van der Waals surface area contributed by atoms with Gasteiger partial charge >= 0.3 is 6.18 Å². The molecular formula is C11H7F5N4O. The van der Waals surface area contributed by atoms with E-state index in [4.69, 9.17) is 10.6 Å². The highest BCUT2D eigenvalue weighted by Crippen LogP contribution is 2.30. The highest BCUT2D eigenvalue weighted by atomic mass is 19.4. The summed E-state index contributed by atoms with van der Waals surface area (Å²) in [5.74, 6) is 0.0561. The molecule has 0 spiro atoms. The van der Waals surface area contributed by atoms with Crippen molar-refractivity contribution in [2.45, 2.75) is 6.18 Å². The maximum atomic E-state index is 13.0. The summed E-state index contributed by atoms with van der Waals surface area (Å²) < 4.78 is 68.4. The van der Waals surface area contributed by atoms with Crippen LogP contribution in [0.3, 0.4) is 0 Å². The normalized spacial score (nSPS) is 11.3. The van der Waals surface area contributed by atoms with Crippen LogP contribution in [-0.4, -0.2) is 9.97 Å². The molecule has 1 aromatic heterocycles. The fraction of sp³-hybridized carbons (Fsp3) is 0.0909. The number of rotatable bonds is 3. The SMILES string of the molecule is NNc1cc(Oc2ccc(F)c(F)c2)nc(C(F)(F)F)n1. The average molecular weight is 306 g/mol. The lowest BCUT2D eigenvalue weighted by atomic mass is 10.3. The van der Waals surface area contributed by atoms with Gasteiger partial charge in [0.25, 0.3) is 0 Å². The first-order chi connectivity index (χ1) is 9.79. The van der Waals surface area contributed by atoms with E-state index in [0.29, 0.717) is 6.07 Å². The molecule has 0 aliphatic rings. The first-order valence-corrected chi connectivity index (χ1v) is 5.35. The number of halogens is 5. The van der Waals surface area contributed by atoms with E-state index in [1.165, 1.54) is 0 Å². The van der Waals surface area contributed by atoms with E-state index in [9.17, 15) is 22.0 Å². The van der Waals surface area contributed by atoms with Gasteiger partial charge in [0, 0.05) is 12.1 Å². The van der Waals surface area contributed by atoms with Crippen LogP contribution in [0.5, 0.6) is 11.6 Å². The largest absolute Gasteiger partial charge is 0.451 e. The Morgan fingerprint density at radius 1 is 1.05 bits per heavy atom. The van der Waals surface area contributed by atoms with Crippen molar-refractivity contribution >= 4 is 5.82 Å². The first kappa shape index (κ1) is 14.9. The first-order valence-electron chi connectivity index (χ1n) is 5.35. The third-order valence-electron chi connectivity index (χ3n) is 2.22. The lowest BCUT2D eigenvalue weighted by Crippen LogP contribution is -2.16. The van der Waals surface area contributed by atoms with Gasteiger partial charge in [-0.1, -0.05) is 0 Å². The van der Waals surface area contributed by atoms with Crippen LogP contribution in [0.1, 0.15) is 5.82 Å². The predicted molar refractivity (Wildman–Crippen MR) is 61.3 cm³/mol. The minimum atomic E-state index is -4.82. The van der Waals surface area contributed by atoms with Crippen LogP contribution in [0, 0.1) is 11.6 Å². The molecule has 0 aliphatic heterocycles. The molecule has 21 heavy (non-hydrogen) atoms. The molecule has 112 valence electrons. The van der Waals surface area contributed by atoms with Crippen LogP contribution in [0.4, 0.5) is 27.8 Å². The molecule has 1 heterocycles. The van der Waals surface area contributed by atoms with E-state index in [1.54, 1.807) is 0 Å². The van der Waals surface area contributed by atoms with Gasteiger partial charge in [0.1, 0.15) is 11.6 Å². The van der Waals surface area contributed by atoms with E-state index in [2.05, 4.69) is 9.97 Å². The van der Waals surface area contributed by atoms with Gasteiger partial charge in [0.15, 0.2) is 11.6 Å². The van der Waals surface area contributed by atoms with Crippen LogP contribution in [0.2, 0.25) is 0 Å². The van der Waals surface area contributed by atoms with Gasteiger partial charge in [-0.25, -0.2) is 19.6 Å². The Kier molecular flexibility index (Phi) is 3.89. The van der Waals surface area contributed by atoms with Crippen molar-refractivity contribution in [3.63, 3.8) is 0 Å². The molecule has 0 bridgehead atoms. The van der Waals surface area contributed by atoms with Crippen LogP contribution in [0.25, 0.3) is 0 Å². The number of nitrogens with two attached hydrogens (primary N) is 1. The third kappa shape index (κ3) is 3.54. The van der Waals surface area contributed by atoms with E-state index in [0.717, 1.165) is 18.2 Å². The Morgan fingerprint density at radius 2 is 1.76 bits per heavy atom. The van der Waals surface area contributed by atoms with Gasteiger partial charge in [-0.05, 0) is 12.1 Å². The van der Waals surface area contributed by atoms with Crippen LogP contribution in [-0.2, 0) is 6.18 Å². The number of ether oxygens (including phenoxy) is 1. The second-order valence-electron chi connectivity index (χ2n) is 3.74. The van der Waals surface area contributed by atoms with Crippen LogP contribution < -0.4 is 16.0 Å². The van der Waals surface area contributed by atoms with Gasteiger partial charge < -0.3 is 10.2 Å². The summed E-state index contributed by atoms with van der Waals surface area (Å²) in [5.41, 5.74) is 1.92. The monoisotopic (exact) mass is 306 g/mol. The summed E-state index contributed by atoms with van der Waals surface area (Å²) >= 11 is 0. The molecule has 2 rings (SSSR count). The molecule has 0 unspecified atom stereocenters. The number of nitrogens with one attached hydrogen (secondary N) is 1. The Balaban J connectivity index is 2.36. The van der Waals surface area contributed by atoms with E-state index < -0.39 is 29.5 Å². The number of nitrogen functional groups attached to an aromatic ring is 1. The molecule has 0 amide bonds. The molecule has 10 heteroatoms. The van der Waals surface area contributed by atoms with Crippen molar-refractivity contribution in [1.29, 1.82) is 0 Å². The number of nitrogens with zero attached hydrogens (tertiary/aromatic N) is 2. The summed E-state index contributed by atoms with van der Waals surface area (Å²) in [6, 6.07) is 3.43. The summed E-state index contributed by atoms with van der Waals surface area (Å²) in [4.78, 5) is 6.24. The second kappa shape index (κ2) is 5.48. The van der Waals surface area contributed by atoms with Crippen molar-refractivity contribution < 1.29 is 26.7 Å². The smallest absolute Gasteiger partial charge is 0.439 e. The summed E-state index contributed by atoms with van der Waals surface area (Å²) in [7, 11) is 0. The van der Waals surface area contributed by atoms with E-state index >= 15 is 0 Å². The molecule has 3 N–H and O–H groups in total. The fourth-order valence-electron chi connectivity index (χ4n) is 1.34. The molecule has 0 saturated heterocycles. The molecular weight excluding hydrogens is 299 g/mol. The van der Waals surface area contributed by atoms with Crippen LogP contribution >= 0.6 is 0 Å². The molecule has 5 nitrogen and oxygen atoms in total. The summed E-state index contributed by atoms with van der Waals surface area (Å²) in [6.07, 6.45) is -4.82.